The zero-order valence-corrected chi connectivity index (χ0v) is 15.5. The Morgan fingerprint density at radius 1 is 1.04 bits per heavy atom. The fourth-order valence-electron chi connectivity index (χ4n) is 2.14. The SMILES string of the molecule is CCc1ccc(OCC(=O)Nc2ccc(OC)c(OC)c2)c(Br)c1. The maximum Gasteiger partial charge on any atom is 0.262 e. The molecule has 0 radical (unpaired) electrons. The molecule has 1 N–H and O–H groups in total. The van der Waals surface area contributed by atoms with Crippen molar-refractivity contribution in [3.8, 4) is 17.2 Å². The van der Waals surface area contributed by atoms with Gasteiger partial charge in [-0.3, -0.25) is 4.79 Å². The Morgan fingerprint density at radius 2 is 1.75 bits per heavy atom. The topological polar surface area (TPSA) is 56.8 Å². The number of carbonyl (C=O) groups is 1. The molecule has 0 saturated heterocycles. The lowest BCUT2D eigenvalue weighted by Crippen LogP contribution is -2.20. The highest BCUT2D eigenvalue weighted by molar-refractivity contribution is 9.10. The smallest absolute Gasteiger partial charge is 0.262 e. The molecule has 0 saturated carbocycles. The van der Waals surface area contributed by atoms with Gasteiger partial charge in [0.2, 0.25) is 0 Å². The average molecular weight is 394 g/mol. The highest BCUT2D eigenvalue weighted by atomic mass is 79.9. The normalized spacial score (nSPS) is 10.2. The van der Waals surface area contributed by atoms with Crippen LogP contribution in [-0.4, -0.2) is 26.7 Å². The summed E-state index contributed by atoms with van der Waals surface area (Å²) in [5, 5.41) is 2.77. The Balaban J connectivity index is 1.96. The third kappa shape index (κ3) is 4.64. The first-order valence-corrected chi connectivity index (χ1v) is 8.29. The van der Waals surface area contributed by atoms with Crippen LogP contribution in [0.5, 0.6) is 17.2 Å². The van der Waals surface area contributed by atoms with Crippen molar-refractivity contribution in [1.82, 2.24) is 0 Å². The van der Waals surface area contributed by atoms with Gasteiger partial charge in [0.25, 0.3) is 5.91 Å². The molecular formula is C18H20BrNO4. The van der Waals surface area contributed by atoms with Crippen LogP contribution in [0.3, 0.4) is 0 Å². The lowest BCUT2D eigenvalue weighted by atomic mass is 10.2. The van der Waals surface area contributed by atoms with Crippen LogP contribution in [0.15, 0.2) is 40.9 Å². The van der Waals surface area contributed by atoms with Crippen LogP contribution in [-0.2, 0) is 11.2 Å². The highest BCUT2D eigenvalue weighted by Crippen LogP contribution is 2.30. The molecule has 128 valence electrons. The maximum atomic E-state index is 12.1. The first kappa shape index (κ1) is 18.1. The van der Waals surface area contributed by atoms with Crippen molar-refractivity contribution in [2.45, 2.75) is 13.3 Å². The number of anilines is 1. The minimum absolute atomic E-state index is 0.0849. The molecule has 5 nitrogen and oxygen atoms in total. The molecule has 6 heteroatoms. The van der Waals surface area contributed by atoms with Crippen molar-refractivity contribution in [2.24, 2.45) is 0 Å². The Hall–Kier alpha value is -2.21. The highest BCUT2D eigenvalue weighted by Gasteiger charge is 2.09. The summed E-state index contributed by atoms with van der Waals surface area (Å²) in [7, 11) is 3.11. The van der Waals surface area contributed by atoms with E-state index < -0.39 is 0 Å². The van der Waals surface area contributed by atoms with Gasteiger partial charge in [0.15, 0.2) is 18.1 Å². The van der Waals surface area contributed by atoms with Crippen molar-refractivity contribution >= 4 is 27.5 Å². The van der Waals surface area contributed by atoms with Crippen molar-refractivity contribution < 1.29 is 19.0 Å². The van der Waals surface area contributed by atoms with Gasteiger partial charge >= 0.3 is 0 Å². The molecule has 24 heavy (non-hydrogen) atoms. The monoisotopic (exact) mass is 393 g/mol. The Bertz CT molecular complexity index is 718. The van der Waals surface area contributed by atoms with Gasteiger partial charge in [-0.25, -0.2) is 0 Å². The van der Waals surface area contributed by atoms with E-state index in [9.17, 15) is 4.79 Å². The molecule has 0 fully saturated rings. The second kappa shape index (κ2) is 8.59. The standard InChI is InChI=1S/C18H20BrNO4/c1-4-12-5-7-15(14(19)9-12)24-11-18(21)20-13-6-8-16(22-2)17(10-13)23-3/h5-10H,4,11H2,1-3H3,(H,20,21). The number of hydrogen-bond donors (Lipinski definition) is 1. The van der Waals surface area contributed by atoms with E-state index in [0.717, 1.165) is 10.9 Å². The van der Waals surface area contributed by atoms with Gasteiger partial charge in [-0.1, -0.05) is 13.0 Å². The minimum Gasteiger partial charge on any atom is -0.493 e. The minimum atomic E-state index is -0.256. The molecule has 0 spiro atoms. The van der Waals surface area contributed by atoms with Crippen molar-refractivity contribution in [3.05, 3.63) is 46.4 Å². The summed E-state index contributed by atoms with van der Waals surface area (Å²) in [6.45, 7) is 2.00. The van der Waals surface area contributed by atoms with Gasteiger partial charge in [-0.2, -0.15) is 0 Å². The number of carbonyl (C=O) groups excluding carboxylic acids is 1. The first-order chi connectivity index (χ1) is 11.6. The van der Waals surface area contributed by atoms with E-state index in [2.05, 4.69) is 28.2 Å². The second-order valence-corrected chi connectivity index (χ2v) is 5.88. The molecule has 0 aromatic heterocycles. The molecule has 0 atom stereocenters. The molecule has 1 amide bonds. The fraction of sp³-hybridized carbons (Fsp3) is 0.278. The summed E-state index contributed by atoms with van der Waals surface area (Å²) in [6, 6.07) is 11.0. The van der Waals surface area contributed by atoms with Crippen LogP contribution >= 0.6 is 15.9 Å². The predicted octanol–water partition coefficient (Wildman–Crippen LogP) is 4.05. The number of methoxy groups -OCH3 is 2. The third-order valence-corrected chi connectivity index (χ3v) is 4.05. The van der Waals surface area contributed by atoms with Crippen LogP contribution in [0.4, 0.5) is 5.69 Å². The van der Waals surface area contributed by atoms with Crippen molar-refractivity contribution in [2.75, 3.05) is 26.1 Å². The summed E-state index contributed by atoms with van der Waals surface area (Å²) in [4.78, 5) is 12.1. The maximum absolute atomic E-state index is 12.1. The molecule has 0 aliphatic heterocycles. The van der Waals surface area contributed by atoms with Crippen LogP contribution in [0, 0.1) is 0 Å². The van der Waals surface area contributed by atoms with Crippen LogP contribution < -0.4 is 19.5 Å². The van der Waals surface area contributed by atoms with E-state index in [1.807, 2.05) is 18.2 Å². The number of halogens is 1. The molecular weight excluding hydrogens is 374 g/mol. The van der Waals surface area contributed by atoms with E-state index in [-0.39, 0.29) is 12.5 Å². The van der Waals surface area contributed by atoms with Crippen LogP contribution in [0.2, 0.25) is 0 Å². The third-order valence-electron chi connectivity index (χ3n) is 3.43. The molecule has 0 bridgehead atoms. The Morgan fingerprint density at radius 3 is 2.38 bits per heavy atom. The number of amides is 1. The van der Waals surface area contributed by atoms with Gasteiger partial charge in [0, 0.05) is 11.8 Å². The van der Waals surface area contributed by atoms with Gasteiger partial charge in [0.1, 0.15) is 5.75 Å². The first-order valence-electron chi connectivity index (χ1n) is 7.50. The number of aryl methyl sites for hydroxylation is 1. The van der Waals surface area contributed by atoms with E-state index >= 15 is 0 Å². The van der Waals surface area contributed by atoms with Crippen molar-refractivity contribution in [3.63, 3.8) is 0 Å². The summed E-state index contributed by atoms with van der Waals surface area (Å²) in [5.74, 6) is 1.53. The Kier molecular flexibility index (Phi) is 6.49. The summed E-state index contributed by atoms with van der Waals surface area (Å²) in [5.41, 5.74) is 1.81. The Labute approximate surface area is 150 Å². The van der Waals surface area contributed by atoms with E-state index in [4.69, 9.17) is 14.2 Å². The van der Waals surface area contributed by atoms with E-state index in [1.165, 1.54) is 5.56 Å². The zero-order valence-electron chi connectivity index (χ0n) is 13.9. The van der Waals surface area contributed by atoms with E-state index in [1.54, 1.807) is 32.4 Å². The lowest BCUT2D eigenvalue weighted by molar-refractivity contribution is -0.118. The molecule has 2 rings (SSSR count). The number of ether oxygens (including phenoxy) is 3. The zero-order chi connectivity index (χ0) is 17.5. The number of nitrogens with one attached hydrogen (secondary N) is 1. The lowest BCUT2D eigenvalue weighted by Gasteiger charge is -2.12. The molecule has 2 aromatic rings. The summed E-state index contributed by atoms with van der Waals surface area (Å²) in [6.07, 6.45) is 0.943. The molecule has 0 unspecified atom stereocenters. The van der Waals surface area contributed by atoms with Gasteiger partial charge in [-0.15, -0.1) is 0 Å². The number of hydrogen-bond acceptors (Lipinski definition) is 4. The quantitative estimate of drug-likeness (QED) is 0.770. The van der Waals surface area contributed by atoms with Gasteiger partial charge in [0.05, 0.1) is 18.7 Å². The fourth-order valence-corrected chi connectivity index (χ4v) is 2.68. The van der Waals surface area contributed by atoms with Gasteiger partial charge < -0.3 is 19.5 Å². The van der Waals surface area contributed by atoms with E-state index in [0.29, 0.717) is 22.9 Å². The average Bonchev–Trinajstić information content (AvgIpc) is 2.60. The van der Waals surface area contributed by atoms with Crippen LogP contribution in [0.25, 0.3) is 0 Å². The predicted molar refractivity (Wildman–Crippen MR) is 97.2 cm³/mol. The molecule has 2 aromatic carbocycles. The number of rotatable bonds is 7. The van der Waals surface area contributed by atoms with Gasteiger partial charge in [-0.05, 0) is 52.2 Å². The number of benzene rings is 2. The largest absolute Gasteiger partial charge is 0.493 e. The summed E-state index contributed by atoms with van der Waals surface area (Å²) >= 11 is 3.45. The van der Waals surface area contributed by atoms with Crippen LogP contribution in [0.1, 0.15) is 12.5 Å². The molecule has 0 heterocycles. The molecule has 0 aliphatic carbocycles. The second-order valence-electron chi connectivity index (χ2n) is 5.02. The molecule has 0 aliphatic rings. The summed E-state index contributed by atoms with van der Waals surface area (Å²) < 4.78 is 16.8. The van der Waals surface area contributed by atoms with Crippen molar-refractivity contribution in [1.29, 1.82) is 0 Å².